The van der Waals surface area contributed by atoms with Crippen molar-refractivity contribution >= 4 is 11.6 Å². The first kappa shape index (κ1) is 17.9. The number of halogens is 1. The predicted molar refractivity (Wildman–Crippen MR) is 106 cm³/mol. The van der Waals surface area contributed by atoms with Crippen LogP contribution in [0.2, 0.25) is 5.15 Å². The molecule has 0 atom stereocenters. The molecule has 0 unspecified atom stereocenters. The number of nitrogens with zero attached hydrogens (tertiary/aromatic N) is 3. The molecule has 2 aromatic heterocycles. The lowest BCUT2D eigenvalue weighted by molar-refractivity contribution is 0.239. The van der Waals surface area contributed by atoms with E-state index in [0.29, 0.717) is 18.2 Å². The van der Waals surface area contributed by atoms with Crippen LogP contribution in [0.3, 0.4) is 0 Å². The van der Waals surface area contributed by atoms with Crippen molar-refractivity contribution in [3.63, 3.8) is 0 Å². The average Bonchev–Trinajstić information content (AvgIpc) is 3.04. The zero-order valence-electron chi connectivity index (χ0n) is 15.3. The highest BCUT2D eigenvalue weighted by Gasteiger charge is 2.22. The molecule has 0 saturated carbocycles. The number of hydrogen-bond donors (Lipinski definition) is 2. The van der Waals surface area contributed by atoms with Crippen LogP contribution in [0.1, 0.15) is 36.1 Å². The van der Waals surface area contributed by atoms with Gasteiger partial charge in [-0.2, -0.15) is 0 Å². The summed E-state index contributed by atoms with van der Waals surface area (Å²) in [6.45, 7) is 4.11. The molecule has 0 aliphatic carbocycles. The molecule has 7 heteroatoms. The number of fused-ring (bicyclic) bond motifs is 1. The Balaban J connectivity index is 1.52. The monoisotopic (exact) mass is 383 g/mol. The highest BCUT2D eigenvalue weighted by atomic mass is 35.5. The van der Waals surface area contributed by atoms with E-state index in [9.17, 15) is 4.79 Å². The van der Waals surface area contributed by atoms with Crippen molar-refractivity contribution in [2.24, 2.45) is 0 Å². The molecule has 6 nitrogen and oxygen atoms in total. The Hall–Kier alpha value is -2.44. The lowest BCUT2D eigenvalue weighted by Crippen LogP contribution is -2.36. The molecule has 2 N–H and O–H groups in total. The number of rotatable bonds is 5. The summed E-state index contributed by atoms with van der Waals surface area (Å²) in [5, 5.41) is 0.477. The van der Waals surface area contributed by atoms with Gasteiger partial charge in [-0.3, -0.25) is 9.69 Å². The molecule has 0 amide bonds. The van der Waals surface area contributed by atoms with Gasteiger partial charge in [0.25, 0.3) is 5.56 Å². The summed E-state index contributed by atoms with van der Waals surface area (Å²) >= 11 is 6.35. The van der Waals surface area contributed by atoms with Crippen LogP contribution in [0.25, 0.3) is 11.4 Å². The average molecular weight is 384 g/mol. The Kier molecular flexibility index (Phi) is 5.09. The number of aryl methyl sites for hydroxylation is 1. The molecule has 0 spiro atoms. The Morgan fingerprint density at radius 3 is 2.78 bits per heavy atom. The van der Waals surface area contributed by atoms with E-state index < -0.39 is 0 Å². The number of H-pyrrole nitrogens is 2. The van der Waals surface area contributed by atoms with Gasteiger partial charge in [-0.1, -0.05) is 48.9 Å². The molecule has 0 radical (unpaired) electrons. The van der Waals surface area contributed by atoms with Gasteiger partial charge in [0.2, 0.25) is 0 Å². The molecule has 1 aliphatic rings. The molecule has 1 aromatic carbocycles. The van der Waals surface area contributed by atoms with E-state index in [1.165, 1.54) is 0 Å². The summed E-state index contributed by atoms with van der Waals surface area (Å²) in [7, 11) is 0. The minimum atomic E-state index is -0.0196. The highest BCUT2D eigenvalue weighted by Crippen LogP contribution is 2.24. The molecule has 140 valence electrons. The van der Waals surface area contributed by atoms with Gasteiger partial charge in [0.1, 0.15) is 11.6 Å². The summed E-state index contributed by atoms with van der Waals surface area (Å²) in [6, 6.07) is 9.90. The van der Waals surface area contributed by atoms with Crippen molar-refractivity contribution in [3.05, 3.63) is 68.6 Å². The van der Waals surface area contributed by atoms with E-state index >= 15 is 0 Å². The summed E-state index contributed by atoms with van der Waals surface area (Å²) in [5.74, 6) is 1.55. The topological polar surface area (TPSA) is 77.7 Å². The Bertz CT molecular complexity index is 995. The Labute approximate surface area is 162 Å². The smallest absolute Gasteiger partial charge is 0.255 e. The van der Waals surface area contributed by atoms with E-state index in [0.717, 1.165) is 60.0 Å². The predicted octanol–water partition coefficient (Wildman–Crippen LogP) is 3.32. The van der Waals surface area contributed by atoms with E-state index in [2.05, 4.69) is 31.8 Å². The van der Waals surface area contributed by atoms with Crippen LogP contribution in [0.4, 0.5) is 0 Å². The molecule has 0 saturated heterocycles. The fourth-order valence-electron chi connectivity index (χ4n) is 3.47. The first-order valence-corrected chi connectivity index (χ1v) is 9.65. The number of aromatic amines is 2. The maximum absolute atomic E-state index is 12.4. The second kappa shape index (κ2) is 7.66. The molecule has 0 fully saturated rings. The summed E-state index contributed by atoms with van der Waals surface area (Å²) in [4.78, 5) is 30.0. The second-order valence-electron chi connectivity index (χ2n) is 6.87. The van der Waals surface area contributed by atoms with Crippen LogP contribution in [0.5, 0.6) is 0 Å². The first-order valence-electron chi connectivity index (χ1n) is 9.27. The van der Waals surface area contributed by atoms with Crippen molar-refractivity contribution in [1.82, 2.24) is 24.8 Å². The van der Waals surface area contributed by atoms with Crippen molar-refractivity contribution in [2.45, 2.75) is 39.3 Å². The molecular formula is C20H22ClN5O. The quantitative estimate of drug-likeness (QED) is 0.708. The molecule has 3 heterocycles. The van der Waals surface area contributed by atoms with Gasteiger partial charge in [-0.25, -0.2) is 9.97 Å². The van der Waals surface area contributed by atoms with Crippen LogP contribution >= 0.6 is 11.6 Å². The van der Waals surface area contributed by atoms with Crippen LogP contribution in [-0.2, 0) is 25.9 Å². The van der Waals surface area contributed by atoms with Crippen molar-refractivity contribution in [2.75, 3.05) is 6.54 Å². The Morgan fingerprint density at radius 1 is 1.19 bits per heavy atom. The molecule has 3 aromatic rings. The number of benzene rings is 1. The summed E-state index contributed by atoms with van der Waals surface area (Å²) < 4.78 is 0. The maximum Gasteiger partial charge on any atom is 0.255 e. The van der Waals surface area contributed by atoms with Crippen molar-refractivity contribution in [3.8, 4) is 11.4 Å². The third-order valence-corrected chi connectivity index (χ3v) is 5.15. The lowest BCUT2D eigenvalue weighted by Gasteiger charge is -2.27. The van der Waals surface area contributed by atoms with E-state index in [-0.39, 0.29) is 5.56 Å². The number of aromatic nitrogens is 4. The molecule has 0 bridgehead atoms. The number of nitrogens with one attached hydrogen (secondary N) is 2. The standard InChI is InChI=1S/C20H22ClN5O/c1-2-6-17-22-15-9-10-26(11-14(15)20(27)24-17)12-16-18(21)25-19(23-16)13-7-4-3-5-8-13/h3-5,7-8H,2,6,9-12H2,1H3,(H,23,25)(H,22,24,27). The molecular weight excluding hydrogens is 362 g/mol. The number of imidazole rings is 1. The fourth-order valence-corrected chi connectivity index (χ4v) is 3.66. The van der Waals surface area contributed by atoms with Crippen molar-refractivity contribution < 1.29 is 0 Å². The van der Waals surface area contributed by atoms with Gasteiger partial charge in [0.15, 0.2) is 5.15 Å². The van der Waals surface area contributed by atoms with Gasteiger partial charge in [-0.15, -0.1) is 0 Å². The Morgan fingerprint density at radius 2 is 2.00 bits per heavy atom. The largest absolute Gasteiger partial charge is 0.339 e. The van der Waals surface area contributed by atoms with Crippen LogP contribution < -0.4 is 5.56 Å². The van der Waals surface area contributed by atoms with Crippen LogP contribution in [0.15, 0.2) is 35.1 Å². The lowest BCUT2D eigenvalue weighted by atomic mass is 10.1. The van der Waals surface area contributed by atoms with Gasteiger partial charge < -0.3 is 9.97 Å². The normalized spacial score (nSPS) is 14.3. The van der Waals surface area contributed by atoms with Gasteiger partial charge in [-0.05, 0) is 6.42 Å². The highest BCUT2D eigenvalue weighted by molar-refractivity contribution is 6.30. The van der Waals surface area contributed by atoms with Gasteiger partial charge in [0.05, 0.1) is 17.0 Å². The SMILES string of the molecule is CCCc1nc2c(c(=O)[nH]1)CN(Cc1[nH]c(-c3ccccc3)nc1Cl)CC2. The fraction of sp³-hybridized carbons (Fsp3) is 0.350. The third-order valence-electron chi connectivity index (χ3n) is 4.84. The molecule has 27 heavy (non-hydrogen) atoms. The zero-order valence-corrected chi connectivity index (χ0v) is 16.0. The van der Waals surface area contributed by atoms with E-state index in [1.54, 1.807) is 0 Å². The molecule has 4 rings (SSSR count). The van der Waals surface area contributed by atoms with E-state index in [1.807, 2.05) is 30.3 Å². The van der Waals surface area contributed by atoms with E-state index in [4.69, 9.17) is 11.6 Å². The van der Waals surface area contributed by atoms with Crippen LogP contribution in [-0.4, -0.2) is 31.4 Å². The van der Waals surface area contributed by atoms with Crippen molar-refractivity contribution in [1.29, 1.82) is 0 Å². The summed E-state index contributed by atoms with van der Waals surface area (Å²) in [5.41, 5.74) is 3.54. The number of hydrogen-bond acceptors (Lipinski definition) is 4. The first-order chi connectivity index (χ1) is 13.1. The minimum absolute atomic E-state index is 0.0196. The third kappa shape index (κ3) is 3.82. The minimum Gasteiger partial charge on any atom is -0.339 e. The van der Waals surface area contributed by atoms with Gasteiger partial charge in [0, 0.05) is 38.0 Å². The van der Waals surface area contributed by atoms with Crippen LogP contribution in [0, 0.1) is 0 Å². The zero-order chi connectivity index (χ0) is 18.8. The molecule has 1 aliphatic heterocycles. The summed E-state index contributed by atoms with van der Waals surface area (Å²) in [6.07, 6.45) is 2.54. The maximum atomic E-state index is 12.4. The van der Waals surface area contributed by atoms with Gasteiger partial charge >= 0.3 is 0 Å². The second-order valence-corrected chi connectivity index (χ2v) is 7.23.